The zero-order valence-electron chi connectivity index (χ0n) is 8.17. The standard InChI is InChI=1S/C10H11BrFNO2/c1-15-10(14)9(11)6-13-8-4-2-3-7(12)5-8/h2-5,9,13H,6H2,1H3. The van der Waals surface area contributed by atoms with Crippen LogP contribution < -0.4 is 5.32 Å². The highest BCUT2D eigenvalue weighted by molar-refractivity contribution is 9.10. The summed E-state index contributed by atoms with van der Waals surface area (Å²) < 4.78 is 17.3. The molecule has 0 fully saturated rings. The summed E-state index contributed by atoms with van der Waals surface area (Å²) in [5, 5.41) is 2.91. The second-order valence-corrected chi connectivity index (χ2v) is 3.99. The summed E-state index contributed by atoms with van der Waals surface area (Å²) in [6, 6.07) is 6.03. The Morgan fingerprint density at radius 3 is 3.00 bits per heavy atom. The Balaban J connectivity index is 2.47. The van der Waals surface area contributed by atoms with Gasteiger partial charge in [0.1, 0.15) is 10.6 Å². The van der Waals surface area contributed by atoms with Crippen LogP contribution in [-0.2, 0) is 9.53 Å². The minimum atomic E-state index is -0.439. The number of carbonyl (C=O) groups is 1. The van der Waals surface area contributed by atoms with E-state index in [4.69, 9.17) is 0 Å². The number of halogens is 2. The predicted octanol–water partition coefficient (Wildman–Crippen LogP) is 2.17. The Labute approximate surface area is 95.7 Å². The fourth-order valence-corrected chi connectivity index (χ4v) is 1.37. The number of hydrogen-bond acceptors (Lipinski definition) is 3. The van der Waals surface area contributed by atoms with Gasteiger partial charge in [0.15, 0.2) is 0 Å². The lowest BCUT2D eigenvalue weighted by Gasteiger charge is -2.10. The van der Waals surface area contributed by atoms with Crippen LogP contribution in [0.5, 0.6) is 0 Å². The highest BCUT2D eigenvalue weighted by Crippen LogP contribution is 2.10. The van der Waals surface area contributed by atoms with Crippen molar-refractivity contribution >= 4 is 27.6 Å². The number of hydrogen-bond donors (Lipinski definition) is 1. The van der Waals surface area contributed by atoms with Crippen molar-refractivity contribution in [1.82, 2.24) is 0 Å². The summed E-state index contributed by atoms with van der Waals surface area (Å²) >= 11 is 3.15. The average Bonchev–Trinajstić information content (AvgIpc) is 2.25. The molecular weight excluding hydrogens is 265 g/mol. The molecule has 0 bridgehead atoms. The van der Waals surface area contributed by atoms with E-state index in [1.165, 1.54) is 19.2 Å². The minimum absolute atomic E-state index is 0.316. The normalized spacial score (nSPS) is 11.9. The summed E-state index contributed by atoms with van der Waals surface area (Å²) in [7, 11) is 1.32. The van der Waals surface area contributed by atoms with Crippen molar-refractivity contribution in [3.05, 3.63) is 30.1 Å². The molecule has 1 atom stereocenters. The molecule has 1 unspecified atom stereocenters. The van der Waals surface area contributed by atoms with Gasteiger partial charge < -0.3 is 10.1 Å². The number of anilines is 1. The van der Waals surface area contributed by atoms with Gasteiger partial charge in [-0.15, -0.1) is 0 Å². The number of nitrogens with one attached hydrogen (secondary N) is 1. The zero-order valence-corrected chi connectivity index (χ0v) is 9.75. The largest absolute Gasteiger partial charge is 0.468 e. The van der Waals surface area contributed by atoms with Gasteiger partial charge in [0.25, 0.3) is 0 Å². The molecule has 0 aliphatic heterocycles. The molecular formula is C10H11BrFNO2. The summed E-state index contributed by atoms with van der Waals surface area (Å²) in [6.45, 7) is 0.343. The molecule has 15 heavy (non-hydrogen) atoms. The lowest BCUT2D eigenvalue weighted by Crippen LogP contribution is -2.24. The Kier molecular flexibility index (Phi) is 4.55. The average molecular weight is 276 g/mol. The van der Waals surface area contributed by atoms with Crippen LogP contribution in [0.2, 0.25) is 0 Å². The number of alkyl halides is 1. The third-order valence-electron chi connectivity index (χ3n) is 1.77. The second-order valence-electron chi connectivity index (χ2n) is 2.88. The quantitative estimate of drug-likeness (QED) is 0.676. The molecule has 3 nitrogen and oxygen atoms in total. The Bertz CT molecular complexity index is 346. The number of esters is 1. The number of carbonyl (C=O) groups excluding carboxylic acids is 1. The number of ether oxygens (including phenoxy) is 1. The first-order valence-electron chi connectivity index (χ1n) is 4.35. The van der Waals surface area contributed by atoms with E-state index in [1.807, 2.05) is 0 Å². The minimum Gasteiger partial charge on any atom is -0.468 e. The van der Waals surface area contributed by atoms with Crippen molar-refractivity contribution in [2.45, 2.75) is 4.83 Å². The van der Waals surface area contributed by atoms with Crippen LogP contribution in [0, 0.1) is 5.82 Å². The lowest BCUT2D eigenvalue weighted by molar-refractivity contribution is -0.139. The van der Waals surface area contributed by atoms with Gasteiger partial charge in [-0.05, 0) is 18.2 Å². The molecule has 0 heterocycles. The summed E-state index contributed by atoms with van der Waals surface area (Å²) in [5.74, 6) is -0.678. The Morgan fingerprint density at radius 2 is 2.40 bits per heavy atom. The maximum Gasteiger partial charge on any atom is 0.321 e. The fourth-order valence-electron chi connectivity index (χ4n) is 1.02. The maximum absolute atomic E-state index is 12.8. The monoisotopic (exact) mass is 275 g/mol. The predicted molar refractivity (Wildman–Crippen MR) is 59.6 cm³/mol. The first-order valence-corrected chi connectivity index (χ1v) is 5.26. The lowest BCUT2D eigenvalue weighted by atomic mass is 10.3. The molecule has 82 valence electrons. The maximum atomic E-state index is 12.8. The van der Waals surface area contributed by atoms with E-state index in [0.29, 0.717) is 12.2 Å². The van der Waals surface area contributed by atoms with Crippen molar-refractivity contribution in [3.8, 4) is 0 Å². The van der Waals surface area contributed by atoms with Gasteiger partial charge in [-0.2, -0.15) is 0 Å². The molecule has 0 amide bonds. The highest BCUT2D eigenvalue weighted by atomic mass is 79.9. The highest BCUT2D eigenvalue weighted by Gasteiger charge is 2.14. The van der Waals surface area contributed by atoms with Gasteiger partial charge in [0, 0.05) is 12.2 Å². The summed E-state index contributed by atoms with van der Waals surface area (Å²) in [4.78, 5) is 10.6. The van der Waals surface area contributed by atoms with Gasteiger partial charge in [-0.3, -0.25) is 4.79 Å². The van der Waals surface area contributed by atoms with Gasteiger partial charge in [-0.1, -0.05) is 22.0 Å². The molecule has 0 saturated carbocycles. The van der Waals surface area contributed by atoms with E-state index >= 15 is 0 Å². The van der Waals surface area contributed by atoms with E-state index in [0.717, 1.165) is 0 Å². The van der Waals surface area contributed by atoms with Gasteiger partial charge >= 0.3 is 5.97 Å². The van der Waals surface area contributed by atoms with Gasteiger partial charge in [-0.25, -0.2) is 4.39 Å². The number of rotatable bonds is 4. The number of methoxy groups -OCH3 is 1. The Morgan fingerprint density at radius 1 is 1.67 bits per heavy atom. The molecule has 1 aromatic rings. The van der Waals surface area contributed by atoms with Crippen molar-refractivity contribution in [1.29, 1.82) is 0 Å². The van der Waals surface area contributed by atoms with E-state index in [1.54, 1.807) is 12.1 Å². The van der Waals surface area contributed by atoms with E-state index < -0.39 is 4.83 Å². The SMILES string of the molecule is COC(=O)C(Br)CNc1cccc(F)c1. The zero-order chi connectivity index (χ0) is 11.3. The van der Waals surface area contributed by atoms with Crippen molar-refractivity contribution < 1.29 is 13.9 Å². The molecule has 0 aliphatic rings. The molecule has 1 rings (SSSR count). The molecule has 0 spiro atoms. The third-order valence-corrected chi connectivity index (χ3v) is 2.46. The summed E-state index contributed by atoms with van der Waals surface area (Å²) in [5.41, 5.74) is 0.628. The fraction of sp³-hybridized carbons (Fsp3) is 0.300. The van der Waals surface area contributed by atoms with Crippen LogP contribution >= 0.6 is 15.9 Å². The van der Waals surface area contributed by atoms with E-state index in [-0.39, 0.29) is 11.8 Å². The van der Waals surface area contributed by atoms with E-state index in [2.05, 4.69) is 26.0 Å². The molecule has 1 N–H and O–H groups in total. The Hall–Kier alpha value is -1.10. The van der Waals surface area contributed by atoms with Crippen molar-refractivity contribution in [3.63, 3.8) is 0 Å². The molecule has 1 aromatic carbocycles. The molecule has 0 radical (unpaired) electrons. The van der Waals surface area contributed by atoms with Crippen LogP contribution in [0.4, 0.5) is 10.1 Å². The van der Waals surface area contributed by atoms with Crippen LogP contribution in [0.15, 0.2) is 24.3 Å². The molecule has 0 saturated heterocycles. The van der Waals surface area contributed by atoms with Crippen LogP contribution in [0.3, 0.4) is 0 Å². The van der Waals surface area contributed by atoms with Gasteiger partial charge in [0.05, 0.1) is 7.11 Å². The van der Waals surface area contributed by atoms with E-state index in [9.17, 15) is 9.18 Å². The number of benzene rings is 1. The van der Waals surface area contributed by atoms with Crippen LogP contribution in [-0.4, -0.2) is 24.5 Å². The molecule has 5 heteroatoms. The third kappa shape index (κ3) is 3.87. The smallest absolute Gasteiger partial charge is 0.321 e. The molecule has 0 aliphatic carbocycles. The second kappa shape index (κ2) is 5.70. The van der Waals surface area contributed by atoms with Gasteiger partial charge in [0.2, 0.25) is 0 Å². The first-order chi connectivity index (χ1) is 7.13. The van der Waals surface area contributed by atoms with Crippen LogP contribution in [0.1, 0.15) is 0 Å². The summed E-state index contributed by atoms with van der Waals surface area (Å²) in [6.07, 6.45) is 0. The van der Waals surface area contributed by atoms with Crippen molar-refractivity contribution in [2.24, 2.45) is 0 Å². The topological polar surface area (TPSA) is 38.3 Å². The van der Waals surface area contributed by atoms with Crippen LogP contribution in [0.25, 0.3) is 0 Å². The first kappa shape index (κ1) is 12.0. The van der Waals surface area contributed by atoms with Crippen molar-refractivity contribution in [2.75, 3.05) is 19.0 Å². The molecule has 0 aromatic heterocycles.